The molecule has 1 unspecified atom stereocenters. The summed E-state index contributed by atoms with van der Waals surface area (Å²) in [4.78, 5) is 22.8. The Morgan fingerprint density at radius 1 is 1.13 bits per heavy atom. The molecule has 78 valence electrons. The first-order valence-electron chi connectivity index (χ1n) is 4.84. The van der Waals surface area contributed by atoms with E-state index < -0.39 is 23.3 Å². The highest BCUT2D eigenvalue weighted by Crippen LogP contribution is 2.37. The van der Waals surface area contributed by atoms with Crippen LogP contribution in [0.2, 0.25) is 0 Å². The van der Waals surface area contributed by atoms with Crippen LogP contribution in [0.15, 0.2) is 30.3 Å². The van der Waals surface area contributed by atoms with Crippen LogP contribution in [-0.4, -0.2) is 17.4 Å². The summed E-state index contributed by atoms with van der Waals surface area (Å²) in [5, 5.41) is 0. The predicted octanol–water partition coefficient (Wildman–Crippen LogP) is 1.67. The second-order valence-electron chi connectivity index (χ2n) is 4.20. The predicted molar refractivity (Wildman–Crippen MR) is 54.4 cm³/mol. The Balaban J connectivity index is 2.45. The van der Waals surface area contributed by atoms with Crippen LogP contribution in [0.25, 0.3) is 0 Å². The minimum Gasteiger partial charge on any atom is -0.453 e. The van der Waals surface area contributed by atoms with Gasteiger partial charge in [-0.3, -0.25) is 4.79 Å². The number of rotatable bonds is 1. The first-order chi connectivity index (χ1) is 7.02. The summed E-state index contributed by atoms with van der Waals surface area (Å²) < 4.78 is 5.04. The molecule has 0 aromatic heterocycles. The van der Waals surface area contributed by atoms with E-state index in [-0.39, 0.29) is 0 Å². The maximum absolute atomic E-state index is 11.6. The number of ether oxygens (including phenoxy) is 1. The van der Waals surface area contributed by atoms with Gasteiger partial charge in [-0.15, -0.1) is 0 Å². The Morgan fingerprint density at radius 2 is 1.73 bits per heavy atom. The fourth-order valence-corrected chi connectivity index (χ4v) is 1.98. The highest BCUT2D eigenvalue weighted by atomic mass is 16.6. The molecular formula is C12H12O3. The summed E-state index contributed by atoms with van der Waals surface area (Å²) in [7, 11) is 0. The highest BCUT2D eigenvalue weighted by Gasteiger charge is 2.49. The summed E-state index contributed by atoms with van der Waals surface area (Å²) in [5.41, 5.74) is 0.0913. The number of hydrogen-bond donors (Lipinski definition) is 0. The molecule has 1 heterocycles. The van der Waals surface area contributed by atoms with Crippen LogP contribution in [0, 0.1) is 0 Å². The maximum Gasteiger partial charge on any atom is 0.375 e. The fraction of sp³-hybridized carbons (Fsp3) is 0.333. The normalized spacial score (nSPS) is 24.0. The van der Waals surface area contributed by atoms with E-state index in [2.05, 4.69) is 0 Å². The molecule has 1 aliphatic rings. The molecule has 0 N–H and O–H groups in total. The largest absolute Gasteiger partial charge is 0.453 e. The van der Waals surface area contributed by atoms with E-state index in [4.69, 9.17) is 4.74 Å². The minimum atomic E-state index is -0.741. The molecule has 0 saturated carbocycles. The van der Waals surface area contributed by atoms with E-state index in [1.165, 1.54) is 0 Å². The molecule has 1 aliphatic heterocycles. The van der Waals surface area contributed by atoms with Gasteiger partial charge >= 0.3 is 5.97 Å². The van der Waals surface area contributed by atoms with Gasteiger partial charge in [0.15, 0.2) is 0 Å². The highest BCUT2D eigenvalue weighted by molar-refractivity contribution is 6.38. The van der Waals surface area contributed by atoms with E-state index in [0.717, 1.165) is 5.56 Å². The molecule has 1 saturated heterocycles. The van der Waals surface area contributed by atoms with Crippen molar-refractivity contribution in [2.24, 2.45) is 0 Å². The van der Waals surface area contributed by atoms with Gasteiger partial charge in [-0.25, -0.2) is 4.79 Å². The van der Waals surface area contributed by atoms with Crippen molar-refractivity contribution in [3.8, 4) is 0 Å². The van der Waals surface area contributed by atoms with Crippen molar-refractivity contribution in [1.82, 2.24) is 0 Å². The molecule has 0 bridgehead atoms. The van der Waals surface area contributed by atoms with Crippen molar-refractivity contribution in [3.63, 3.8) is 0 Å². The number of benzene rings is 1. The molecule has 3 nitrogen and oxygen atoms in total. The van der Waals surface area contributed by atoms with Crippen molar-refractivity contribution in [2.75, 3.05) is 0 Å². The average molecular weight is 204 g/mol. The maximum atomic E-state index is 11.6. The molecule has 1 fully saturated rings. The van der Waals surface area contributed by atoms with Crippen molar-refractivity contribution in [1.29, 1.82) is 0 Å². The summed E-state index contributed by atoms with van der Waals surface area (Å²) in [6.45, 7) is 3.51. The van der Waals surface area contributed by atoms with Gasteiger partial charge in [0.05, 0.1) is 5.92 Å². The van der Waals surface area contributed by atoms with Gasteiger partial charge in [-0.05, 0) is 19.4 Å². The first-order valence-corrected chi connectivity index (χ1v) is 4.84. The third-order valence-corrected chi connectivity index (χ3v) is 2.65. The van der Waals surface area contributed by atoms with Gasteiger partial charge in [0.25, 0.3) is 5.78 Å². The molecule has 1 aromatic carbocycles. The lowest BCUT2D eigenvalue weighted by Crippen LogP contribution is -2.27. The van der Waals surface area contributed by atoms with Crippen molar-refractivity contribution in [3.05, 3.63) is 35.9 Å². The molecule has 15 heavy (non-hydrogen) atoms. The van der Waals surface area contributed by atoms with Crippen LogP contribution in [0.1, 0.15) is 25.3 Å². The van der Waals surface area contributed by atoms with Gasteiger partial charge < -0.3 is 4.74 Å². The van der Waals surface area contributed by atoms with Crippen molar-refractivity contribution >= 4 is 11.8 Å². The van der Waals surface area contributed by atoms with Crippen LogP contribution in [0.3, 0.4) is 0 Å². The smallest absolute Gasteiger partial charge is 0.375 e. The third-order valence-electron chi connectivity index (χ3n) is 2.65. The minimum absolute atomic E-state index is 0.453. The Morgan fingerprint density at radius 3 is 2.20 bits per heavy atom. The van der Waals surface area contributed by atoms with Gasteiger partial charge in [0.2, 0.25) is 0 Å². The lowest BCUT2D eigenvalue weighted by atomic mass is 9.84. The van der Waals surface area contributed by atoms with E-state index in [1.807, 2.05) is 30.3 Å². The number of carbonyl (C=O) groups is 2. The zero-order chi connectivity index (χ0) is 11.1. The van der Waals surface area contributed by atoms with E-state index in [0.29, 0.717) is 0 Å². The second kappa shape index (κ2) is 3.19. The molecule has 3 heteroatoms. The lowest BCUT2D eigenvalue weighted by molar-refractivity contribution is -0.151. The zero-order valence-electron chi connectivity index (χ0n) is 8.69. The monoisotopic (exact) mass is 204 g/mol. The van der Waals surface area contributed by atoms with E-state index >= 15 is 0 Å². The van der Waals surface area contributed by atoms with Crippen LogP contribution in [-0.2, 0) is 14.3 Å². The van der Waals surface area contributed by atoms with Crippen LogP contribution in [0.5, 0.6) is 0 Å². The molecule has 2 rings (SSSR count). The standard InChI is InChI=1S/C12H12O3/c1-12(2)9(10(13)11(14)15-12)8-6-4-3-5-7-8/h3-7,9H,1-2H3. The number of cyclic esters (lactones) is 1. The second-order valence-corrected chi connectivity index (χ2v) is 4.20. The summed E-state index contributed by atoms with van der Waals surface area (Å²) in [6, 6.07) is 9.25. The fourth-order valence-electron chi connectivity index (χ4n) is 1.98. The number of ketones is 1. The van der Waals surface area contributed by atoms with Crippen molar-refractivity contribution in [2.45, 2.75) is 25.4 Å². The topological polar surface area (TPSA) is 43.4 Å². The first kappa shape index (κ1) is 9.90. The number of hydrogen-bond acceptors (Lipinski definition) is 3. The molecule has 0 aliphatic carbocycles. The van der Waals surface area contributed by atoms with E-state index in [9.17, 15) is 9.59 Å². The van der Waals surface area contributed by atoms with Gasteiger partial charge in [-0.2, -0.15) is 0 Å². The molecular weight excluding hydrogens is 192 g/mol. The van der Waals surface area contributed by atoms with Crippen LogP contribution in [0.4, 0.5) is 0 Å². The molecule has 1 atom stereocenters. The molecule has 1 aromatic rings. The number of carbonyl (C=O) groups excluding carboxylic acids is 2. The van der Waals surface area contributed by atoms with Gasteiger partial charge in [0, 0.05) is 0 Å². The lowest BCUT2D eigenvalue weighted by Gasteiger charge is -2.23. The zero-order valence-corrected chi connectivity index (χ0v) is 8.69. The Kier molecular flexibility index (Phi) is 2.11. The summed E-state index contributed by atoms with van der Waals surface area (Å²) >= 11 is 0. The van der Waals surface area contributed by atoms with E-state index in [1.54, 1.807) is 13.8 Å². The van der Waals surface area contributed by atoms with Gasteiger partial charge in [0.1, 0.15) is 5.60 Å². The quantitative estimate of drug-likeness (QED) is 0.516. The van der Waals surface area contributed by atoms with Gasteiger partial charge in [-0.1, -0.05) is 30.3 Å². The summed E-state index contributed by atoms with van der Waals surface area (Å²) in [6.07, 6.45) is 0. The molecule has 0 amide bonds. The SMILES string of the molecule is CC1(C)OC(=O)C(=O)C1c1ccccc1. The summed E-state index contributed by atoms with van der Waals surface area (Å²) in [5.74, 6) is -1.66. The average Bonchev–Trinajstić information content (AvgIpc) is 2.37. The Bertz CT molecular complexity index is 406. The molecule has 0 radical (unpaired) electrons. The number of Topliss-reactive ketones (excluding diaryl/α,β-unsaturated/α-hetero) is 1. The Hall–Kier alpha value is -1.64. The Labute approximate surface area is 88.1 Å². The van der Waals surface area contributed by atoms with Crippen molar-refractivity contribution < 1.29 is 14.3 Å². The third kappa shape index (κ3) is 1.54. The molecule has 0 spiro atoms. The van der Waals surface area contributed by atoms with Crippen LogP contribution >= 0.6 is 0 Å². The van der Waals surface area contributed by atoms with Crippen LogP contribution < -0.4 is 0 Å². The number of esters is 1.